The lowest BCUT2D eigenvalue weighted by Gasteiger charge is -2.21. The molecule has 1 amide bonds. The first-order valence-electron chi connectivity index (χ1n) is 6.64. The average Bonchev–Trinajstić information content (AvgIpc) is 2.38. The fourth-order valence-corrected chi connectivity index (χ4v) is 1.76. The third-order valence-corrected chi connectivity index (χ3v) is 3.23. The van der Waals surface area contributed by atoms with Crippen LogP contribution in [0.2, 0.25) is 0 Å². The van der Waals surface area contributed by atoms with Crippen molar-refractivity contribution in [2.75, 3.05) is 11.9 Å². The number of nitrogens with one attached hydrogen (secondary N) is 2. The number of carboxylic acids is 1. The van der Waals surface area contributed by atoms with E-state index < -0.39 is 11.5 Å². The van der Waals surface area contributed by atoms with E-state index in [1.165, 1.54) is 13.8 Å². The summed E-state index contributed by atoms with van der Waals surface area (Å²) in [6.45, 7) is 6.96. The van der Waals surface area contributed by atoms with Gasteiger partial charge in [0.25, 0.3) is 0 Å². The van der Waals surface area contributed by atoms with E-state index in [0.717, 1.165) is 23.2 Å². The van der Waals surface area contributed by atoms with Crippen LogP contribution in [-0.4, -0.2) is 29.1 Å². The Morgan fingerprint density at radius 3 is 2.50 bits per heavy atom. The van der Waals surface area contributed by atoms with Crippen LogP contribution >= 0.6 is 0 Å². The molecule has 0 radical (unpaired) electrons. The minimum absolute atomic E-state index is 0.0449. The Morgan fingerprint density at radius 2 is 1.95 bits per heavy atom. The van der Waals surface area contributed by atoms with Gasteiger partial charge in [-0.25, -0.2) is 0 Å². The van der Waals surface area contributed by atoms with Crippen LogP contribution in [0.5, 0.6) is 0 Å². The molecule has 1 aromatic carbocycles. The van der Waals surface area contributed by atoms with E-state index in [2.05, 4.69) is 10.6 Å². The summed E-state index contributed by atoms with van der Waals surface area (Å²) in [6, 6.07) is 5.86. The van der Waals surface area contributed by atoms with Crippen LogP contribution in [0.1, 0.15) is 31.9 Å². The first kappa shape index (κ1) is 16.2. The predicted molar refractivity (Wildman–Crippen MR) is 78.9 cm³/mol. The largest absolute Gasteiger partial charge is 0.480 e. The zero-order valence-corrected chi connectivity index (χ0v) is 12.4. The van der Waals surface area contributed by atoms with E-state index >= 15 is 0 Å². The second-order valence-electron chi connectivity index (χ2n) is 5.29. The minimum Gasteiger partial charge on any atom is -0.480 e. The molecule has 0 spiro atoms. The molecule has 0 saturated carbocycles. The number of carbonyl (C=O) groups is 2. The third kappa shape index (κ3) is 4.06. The molecule has 5 heteroatoms. The van der Waals surface area contributed by atoms with E-state index in [4.69, 9.17) is 5.11 Å². The SMILES string of the molecule is CCc1cccc(C)c1NC(=O)CNC(C)(C)C(=O)O. The summed E-state index contributed by atoms with van der Waals surface area (Å²) in [4.78, 5) is 22.9. The second kappa shape index (κ2) is 6.52. The normalized spacial score (nSPS) is 11.2. The fraction of sp³-hybridized carbons (Fsp3) is 0.467. The maximum atomic E-state index is 11.9. The Bertz CT molecular complexity index is 510. The van der Waals surface area contributed by atoms with Gasteiger partial charge in [-0.1, -0.05) is 25.1 Å². The van der Waals surface area contributed by atoms with Crippen molar-refractivity contribution in [2.24, 2.45) is 0 Å². The molecule has 0 saturated heterocycles. The summed E-state index contributed by atoms with van der Waals surface area (Å²) < 4.78 is 0. The Morgan fingerprint density at radius 1 is 1.30 bits per heavy atom. The summed E-state index contributed by atoms with van der Waals surface area (Å²) in [5.74, 6) is -1.24. The van der Waals surface area contributed by atoms with Crippen LogP contribution < -0.4 is 10.6 Å². The Hall–Kier alpha value is -1.88. The van der Waals surface area contributed by atoms with Gasteiger partial charge in [-0.3, -0.25) is 14.9 Å². The summed E-state index contributed by atoms with van der Waals surface area (Å²) in [7, 11) is 0. The molecule has 0 bridgehead atoms. The maximum absolute atomic E-state index is 11.9. The monoisotopic (exact) mass is 278 g/mol. The number of rotatable bonds is 6. The number of aliphatic carboxylic acids is 1. The number of hydrogen-bond donors (Lipinski definition) is 3. The predicted octanol–water partition coefficient (Wildman–Crippen LogP) is 1.95. The van der Waals surface area contributed by atoms with Crippen LogP contribution in [0, 0.1) is 6.92 Å². The second-order valence-corrected chi connectivity index (χ2v) is 5.29. The lowest BCUT2D eigenvalue weighted by Crippen LogP contribution is -2.49. The number of amides is 1. The standard InChI is InChI=1S/C15H22N2O3/c1-5-11-8-6-7-10(2)13(11)17-12(18)9-16-15(3,4)14(19)20/h6-8,16H,5,9H2,1-4H3,(H,17,18)(H,19,20). The van der Waals surface area contributed by atoms with Crippen molar-refractivity contribution in [1.82, 2.24) is 5.32 Å². The van der Waals surface area contributed by atoms with Crippen molar-refractivity contribution in [2.45, 2.75) is 39.7 Å². The van der Waals surface area contributed by atoms with Gasteiger partial charge in [0.05, 0.1) is 6.54 Å². The zero-order chi connectivity index (χ0) is 15.3. The molecule has 0 aliphatic carbocycles. The molecule has 0 aromatic heterocycles. The molecule has 1 aromatic rings. The Kier molecular flexibility index (Phi) is 5.27. The topological polar surface area (TPSA) is 78.4 Å². The third-order valence-electron chi connectivity index (χ3n) is 3.23. The van der Waals surface area contributed by atoms with Crippen LogP contribution in [-0.2, 0) is 16.0 Å². The van der Waals surface area contributed by atoms with Gasteiger partial charge in [-0.2, -0.15) is 0 Å². The van der Waals surface area contributed by atoms with E-state index in [9.17, 15) is 9.59 Å². The van der Waals surface area contributed by atoms with Crippen LogP contribution in [0.4, 0.5) is 5.69 Å². The molecule has 0 aliphatic rings. The number of para-hydroxylation sites is 1. The van der Waals surface area contributed by atoms with E-state index in [0.29, 0.717) is 0 Å². The highest BCUT2D eigenvalue weighted by atomic mass is 16.4. The Labute approximate surface area is 119 Å². The zero-order valence-electron chi connectivity index (χ0n) is 12.4. The summed E-state index contributed by atoms with van der Waals surface area (Å²) in [5, 5.41) is 14.5. The molecular weight excluding hydrogens is 256 g/mol. The molecule has 0 atom stereocenters. The number of anilines is 1. The van der Waals surface area contributed by atoms with Gasteiger partial charge in [0.15, 0.2) is 0 Å². The molecule has 0 aliphatic heterocycles. The summed E-state index contributed by atoms with van der Waals surface area (Å²) in [6.07, 6.45) is 0.825. The molecule has 5 nitrogen and oxygen atoms in total. The van der Waals surface area contributed by atoms with Crippen LogP contribution in [0.25, 0.3) is 0 Å². The highest BCUT2D eigenvalue weighted by Gasteiger charge is 2.26. The van der Waals surface area contributed by atoms with Crippen molar-refractivity contribution < 1.29 is 14.7 Å². The van der Waals surface area contributed by atoms with Crippen molar-refractivity contribution >= 4 is 17.6 Å². The number of carbonyl (C=O) groups excluding carboxylic acids is 1. The Balaban J connectivity index is 2.71. The molecule has 110 valence electrons. The van der Waals surface area contributed by atoms with Gasteiger partial charge >= 0.3 is 5.97 Å². The first-order chi connectivity index (χ1) is 9.27. The number of carboxylic acid groups (broad SMARTS) is 1. The van der Waals surface area contributed by atoms with Gasteiger partial charge in [0, 0.05) is 5.69 Å². The van der Waals surface area contributed by atoms with Gasteiger partial charge in [-0.15, -0.1) is 0 Å². The van der Waals surface area contributed by atoms with Crippen LogP contribution in [0.3, 0.4) is 0 Å². The van der Waals surface area contributed by atoms with E-state index in [1.807, 2.05) is 32.0 Å². The van der Waals surface area contributed by atoms with Crippen molar-refractivity contribution in [3.8, 4) is 0 Å². The van der Waals surface area contributed by atoms with Crippen molar-refractivity contribution in [3.63, 3.8) is 0 Å². The summed E-state index contributed by atoms with van der Waals surface area (Å²) in [5.41, 5.74) is 1.75. The molecule has 3 N–H and O–H groups in total. The molecule has 1 rings (SSSR count). The van der Waals surface area contributed by atoms with Gasteiger partial charge in [0.2, 0.25) is 5.91 Å². The number of benzene rings is 1. The molecular formula is C15H22N2O3. The lowest BCUT2D eigenvalue weighted by atomic mass is 10.1. The van der Waals surface area contributed by atoms with Crippen LogP contribution in [0.15, 0.2) is 18.2 Å². The summed E-state index contributed by atoms with van der Waals surface area (Å²) >= 11 is 0. The van der Waals surface area contributed by atoms with Crippen molar-refractivity contribution in [1.29, 1.82) is 0 Å². The lowest BCUT2D eigenvalue weighted by molar-refractivity contribution is -0.143. The maximum Gasteiger partial charge on any atom is 0.323 e. The van der Waals surface area contributed by atoms with E-state index in [-0.39, 0.29) is 12.5 Å². The fourth-order valence-electron chi connectivity index (χ4n) is 1.76. The van der Waals surface area contributed by atoms with E-state index in [1.54, 1.807) is 0 Å². The quantitative estimate of drug-likeness (QED) is 0.743. The first-order valence-corrected chi connectivity index (χ1v) is 6.64. The number of hydrogen-bond acceptors (Lipinski definition) is 3. The van der Waals surface area contributed by atoms with Gasteiger partial charge in [0.1, 0.15) is 5.54 Å². The van der Waals surface area contributed by atoms with Gasteiger partial charge in [-0.05, 0) is 38.3 Å². The average molecular weight is 278 g/mol. The smallest absolute Gasteiger partial charge is 0.323 e. The highest BCUT2D eigenvalue weighted by Crippen LogP contribution is 2.20. The molecule has 20 heavy (non-hydrogen) atoms. The number of aryl methyl sites for hydroxylation is 2. The molecule has 0 unspecified atom stereocenters. The molecule has 0 heterocycles. The highest BCUT2D eigenvalue weighted by molar-refractivity contribution is 5.94. The van der Waals surface area contributed by atoms with Gasteiger partial charge < -0.3 is 10.4 Å². The minimum atomic E-state index is -1.13. The van der Waals surface area contributed by atoms with Crippen molar-refractivity contribution in [3.05, 3.63) is 29.3 Å². The molecule has 0 fully saturated rings.